The van der Waals surface area contributed by atoms with Crippen molar-refractivity contribution in [3.8, 4) is 0 Å². The number of nitrogens with zero attached hydrogens (tertiary/aromatic N) is 2. The molecule has 0 unspecified atom stereocenters. The summed E-state index contributed by atoms with van der Waals surface area (Å²) in [6, 6.07) is 16.6. The van der Waals surface area contributed by atoms with Crippen LogP contribution < -0.4 is 10.0 Å². The largest absolute Gasteiger partial charge is 0.305 e. The van der Waals surface area contributed by atoms with Crippen LogP contribution in [0.5, 0.6) is 0 Å². The molecular formula is C21H23N5O3S. The van der Waals surface area contributed by atoms with Crippen molar-refractivity contribution >= 4 is 27.4 Å². The fraction of sp³-hybridized carbons (Fsp3) is 0.238. The van der Waals surface area contributed by atoms with Crippen LogP contribution in [-0.4, -0.2) is 42.2 Å². The van der Waals surface area contributed by atoms with E-state index in [1.54, 1.807) is 24.3 Å². The van der Waals surface area contributed by atoms with Gasteiger partial charge < -0.3 is 5.32 Å². The molecule has 1 aromatic heterocycles. The Bertz CT molecular complexity index is 1140. The minimum Gasteiger partial charge on any atom is -0.305 e. The Morgan fingerprint density at radius 3 is 2.57 bits per heavy atom. The van der Waals surface area contributed by atoms with Gasteiger partial charge in [-0.25, -0.2) is 8.42 Å². The lowest BCUT2D eigenvalue weighted by atomic mass is 10.1. The third-order valence-corrected chi connectivity index (χ3v) is 5.55. The van der Waals surface area contributed by atoms with E-state index in [1.807, 2.05) is 18.2 Å². The minimum absolute atomic E-state index is 0.290. The van der Waals surface area contributed by atoms with Gasteiger partial charge in [-0.3, -0.25) is 19.5 Å². The maximum absolute atomic E-state index is 12.6. The van der Waals surface area contributed by atoms with Gasteiger partial charge in [-0.1, -0.05) is 30.3 Å². The first-order valence-electron chi connectivity index (χ1n) is 9.59. The van der Waals surface area contributed by atoms with Crippen LogP contribution in [0.15, 0.2) is 54.6 Å². The van der Waals surface area contributed by atoms with E-state index in [0.717, 1.165) is 43.6 Å². The van der Waals surface area contributed by atoms with Crippen molar-refractivity contribution in [1.82, 2.24) is 15.1 Å². The molecule has 156 valence electrons. The molecule has 2 aromatic carbocycles. The number of benzene rings is 2. The fourth-order valence-electron chi connectivity index (χ4n) is 3.54. The summed E-state index contributed by atoms with van der Waals surface area (Å²) in [6.45, 7) is 2.50. The van der Waals surface area contributed by atoms with Crippen LogP contribution in [0.2, 0.25) is 0 Å². The van der Waals surface area contributed by atoms with Crippen LogP contribution in [0.25, 0.3) is 0 Å². The SMILES string of the molecule is CS(=O)(=O)Nc1ccc(C(=O)Nc2n[nH]c3c2CCN(Cc2ccccc2)C3)cc1. The first-order valence-corrected chi connectivity index (χ1v) is 11.5. The quantitative estimate of drug-likeness (QED) is 0.563. The van der Waals surface area contributed by atoms with Crippen molar-refractivity contribution in [2.24, 2.45) is 0 Å². The number of H-pyrrole nitrogens is 1. The van der Waals surface area contributed by atoms with E-state index in [-0.39, 0.29) is 5.91 Å². The summed E-state index contributed by atoms with van der Waals surface area (Å²) in [5, 5.41) is 10.2. The van der Waals surface area contributed by atoms with Crippen LogP contribution >= 0.6 is 0 Å². The third kappa shape index (κ3) is 4.87. The Morgan fingerprint density at radius 2 is 1.87 bits per heavy atom. The van der Waals surface area contributed by atoms with E-state index in [9.17, 15) is 13.2 Å². The Morgan fingerprint density at radius 1 is 1.13 bits per heavy atom. The summed E-state index contributed by atoms with van der Waals surface area (Å²) in [5.74, 6) is 0.259. The molecule has 0 atom stereocenters. The highest BCUT2D eigenvalue weighted by Crippen LogP contribution is 2.25. The Hall–Kier alpha value is -3.17. The fourth-order valence-corrected chi connectivity index (χ4v) is 4.10. The van der Waals surface area contributed by atoms with Crippen LogP contribution in [0.4, 0.5) is 11.5 Å². The van der Waals surface area contributed by atoms with Gasteiger partial charge in [0.25, 0.3) is 5.91 Å². The normalized spacial score (nSPS) is 14.2. The molecule has 0 saturated heterocycles. The van der Waals surface area contributed by atoms with Crippen molar-refractivity contribution in [3.05, 3.63) is 77.0 Å². The number of rotatable bonds is 6. The maximum atomic E-state index is 12.6. The van der Waals surface area contributed by atoms with Crippen LogP contribution in [-0.2, 0) is 29.5 Å². The Labute approximate surface area is 175 Å². The lowest BCUT2D eigenvalue weighted by Gasteiger charge is -2.26. The number of anilines is 2. The molecule has 2 heterocycles. The number of hydrogen-bond donors (Lipinski definition) is 3. The molecule has 3 aromatic rings. The van der Waals surface area contributed by atoms with Gasteiger partial charge in [-0.2, -0.15) is 5.10 Å². The molecule has 9 heteroatoms. The van der Waals surface area contributed by atoms with Crippen molar-refractivity contribution in [2.75, 3.05) is 22.8 Å². The van der Waals surface area contributed by atoms with Crippen LogP contribution in [0.1, 0.15) is 27.2 Å². The zero-order valence-corrected chi connectivity index (χ0v) is 17.4. The first kappa shape index (κ1) is 20.1. The average molecular weight is 426 g/mol. The molecule has 0 bridgehead atoms. The number of amides is 1. The molecule has 0 spiro atoms. The number of fused-ring (bicyclic) bond motifs is 1. The summed E-state index contributed by atoms with van der Waals surface area (Å²) in [6.07, 6.45) is 1.88. The van der Waals surface area contributed by atoms with Crippen molar-refractivity contribution in [2.45, 2.75) is 19.5 Å². The summed E-state index contributed by atoms with van der Waals surface area (Å²) < 4.78 is 24.9. The van der Waals surface area contributed by atoms with Crippen molar-refractivity contribution in [1.29, 1.82) is 0 Å². The highest BCUT2D eigenvalue weighted by atomic mass is 32.2. The zero-order valence-electron chi connectivity index (χ0n) is 16.6. The van der Waals surface area contributed by atoms with E-state index in [2.05, 4.69) is 37.3 Å². The number of hydrogen-bond acceptors (Lipinski definition) is 5. The van der Waals surface area contributed by atoms with E-state index in [1.165, 1.54) is 5.56 Å². The Balaban J connectivity index is 1.40. The molecular weight excluding hydrogens is 402 g/mol. The summed E-state index contributed by atoms with van der Waals surface area (Å²) in [7, 11) is -3.35. The number of carbonyl (C=O) groups is 1. The molecule has 1 aliphatic heterocycles. The van der Waals surface area contributed by atoms with Gasteiger partial charge in [0.1, 0.15) is 0 Å². The van der Waals surface area contributed by atoms with Gasteiger partial charge in [0.2, 0.25) is 10.0 Å². The predicted octanol–water partition coefficient (Wildman–Crippen LogP) is 2.59. The second kappa shape index (κ2) is 8.29. The summed E-state index contributed by atoms with van der Waals surface area (Å²) >= 11 is 0. The topological polar surface area (TPSA) is 107 Å². The lowest BCUT2D eigenvalue weighted by Crippen LogP contribution is -2.30. The number of aromatic amines is 1. The second-order valence-electron chi connectivity index (χ2n) is 7.38. The van der Waals surface area contributed by atoms with E-state index < -0.39 is 10.0 Å². The second-order valence-corrected chi connectivity index (χ2v) is 9.13. The minimum atomic E-state index is -3.35. The van der Waals surface area contributed by atoms with Crippen molar-refractivity contribution < 1.29 is 13.2 Å². The highest BCUT2D eigenvalue weighted by molar-refractivity contribution is 7.92. The molecule has 0 saturated carbocycles. The Kier molecular flexibility index (Phi) is 5.56. The van der Waals surface area contributed by atoms with Gasteiger partial charge >= 0.3 is 0 Å². The third-order valence-electron chi connectivity index (χ3n) is 4.94. The molecule has 0 fully saturated rings. The molecule has 0 radical (unpaired) electrons. The van der Waals surface area contributed by atoms with Crippen LogP contribution in [0.3, 0.4) is 0 Å². The number of aromatic nitrogens is 2. The molecule has 8 nitrogen and oxygen atoms in total. The summed E-state index contributed by atoms with van der Waals surface area (Å²) in [4.78, 5) is 14.9. The van der Waals surface area contributed by atoms with E-state index >= 15 is 0 Å². The standard InChI is InChI=1S/C21H23N5O3S/c1-30(28,29)25-17-9-7-16(8-10-17)21(27)22-20-18-11-12-26(14-19(18)23-24-20)13-15-5-3-2-4-6-15/h2-10,25H,11-14H2,1H3,(H2,22,23,24,27). The molecule has 0 aliphatic carbocycles. The molecule has 4 rings (SSSR count). The lowest BCUT2D eigenvalue weighted by molar-refractivity contribution is 0.102. The van der Waals surface area contributed by atoms with Gasteiger partial charge in [0, 0.05) is 36.4 Å². The van der Waals surface area contributed by atoms with Gasteiger partial charge in [0.15, 0.2) is 5.82 Å². The van der Waals surface area contributed by atoms with Gasteiger partial charge in [0.05, 0.1) is 11.9 Å². The number of sulfonamides is 1. The molecule has 30 heavy (non-hydrogen) atoms. The molecule has 3 N–H and O–H groups in total. The van der Waals surface area contributed by atoms with E-state index in [4.69, 9.17) is 0 Å². The maximum Gasteiger partial charge on any atom is 0.256 e. The number of nitrogens with one attached hydrogen (secondary N) is 3. The van der Waals surface area contributed by atoms with Crippen LogP contribution in [0, 0.1) is 0 Å². The van der Waals surface area contributed by atoms with Gasteiger partial charge in [-0.05, 0) is 36.2 Å². The molecule has 1 aliphatic rings. The predicted molar refractivity (Wildman–Crippen MR) is 116 cm³/mol. The number of carbonyl (C=O) groups excluding carboxylic acids is 1. The average Bonchev–Trinajstić information content (AvgIpc) is 3.10. The monoisotopic (exact) mass is 425 g/mol. The van der Waals surface area contributed by atoms with Gasteiger partial charge in [-0.15, -0.1) is 0 Å². The highest BCUT2D eigenvalue weighted by Gasteiger charge is 2.23. The van der Waals surface area contributed by atoms with Crippen molar-refractivity contribution in [3.63, 3.8) is 0 Å². The first-order chi connectivity index (χ1) is 14.4. The smallest absolute Gasteiger partial charge is 0.256 e. The zero-order chi connectivity index (χ0) is 21.1. The molecule has 1 amide bonds. The summed E-state index contributed by atoms with van der Waals surface area (Å²) in [5.41, 5.74) is 4.14. The van der Waals surface area contributed by atoms with E-state index in [0.29, 0.717) is 17.1 Å².